The average molecular weight is 254 g/mol. The van der Waals surface area contributed by atoms with Gasteiger partial charge in [-0.3, -0.25) is 4.90 Å². The van der Waals surface area contributed by atoms with Crippen LogP contribution in [-0.4, -0.2) is 37.7 Å². The lowest BCUT2D eigenvalue weighted by Crippen LogP contribution is -2.42. The molecule has 1 aromatic rings. The fraction of sp³-hybridized carbons (Fsp3) is 0.714. The van der Waals surface area contributed by atoms with E-state index in [0.29, 0.717) is 12.6 Å². The van der Waals surface area contributed by atoms with Gasteiger partial charge in [-0.25, -0.2) is 0 Å². The highest BCUT2D eigenvalue weighted by molar-refractivity contribution is 5.12. The van der Waals surface area contributed by atoms with Crippen LogP contribution in [0.2, 0.25) is 0 Å². The highest BCUT2D eigenvalue weighted by Gasteiger charge is 2.25. The third-order valence-electron chi connectivity index (χ3n) is 3.52. The number of ether oxygens (including phenoxy) is 1. The van der Waals surface area contributed by atoms with Crippen molar-refractivity contribution >= 4 is 0 Å². The summed E-state index contributed by atoms with van der Waals surface area (Å²) in [6, 6.07) is 2.74. The molecule has 0 aliphatic rings. The van der Waals surface area contributed by atoms with Crippen LogP contribution in [0.15, 0.2) is 23.0 Å². The van der Waals surface area contributed by atoms with Gasteiger partial charge in [0.25, 0.3) is 0 Å². The van der Waals surface area contributed by atoms with Crippen molar-refractivity contribution in [1.82, 2.24) is 4.90 Å². The maximum atomic E-state index is 5.96. The second-order valence-electron chi connectivity index (χ2n) is 4.51. The van der Waals surface area contributed by atoms with E-state index in [9.17, 15) is 0 Å². The molecule has 4 heteroatoms. The Morgan fingerprint density at radius 3 is 2.56 bits per heavy atom. The largest absolute Gasteiger partial charge is 0.472 e. The molecule has 1 heterocycles. The summed E-state index contributed by atoms with van der Waals surface area (Å²) in [5.74, 6) is 0. The van der Waals surface area contributed by atoms with Gasteiger partial charge in [0.2, 0.25) is 0 Å². The van der Waals surface area contributed by atoms with Crippen molar-refractivity contribution in [1.29, 1.82) is 0 Å². The standard InChI is InChI=1S/C14H26N2O2/c1-4-13(5-2)16(7-9-17-3)14(10-15)12-6-8-18-11-12/h6,8,11,13-14H,4-5,7,9-10,15H2,1-3H3. The van der Waals surface area contributed by atoms with Gasteiger partial charge in [-0.1, -0.05) is 13.8 Å². The molecule has 1 unspecified atom stereocenters. The van der Waals surface area contributed by atoms with E-state index in [1.54, 1.807) is 19.6 Å². The molecule has 4 nitrogen and oxygen atoms in total. The number of rotatable bonds is 9. The van der Waals surface area contributed by atoms with Gasteiger partial charge < -0.3 is 14.9 Å². The molecule has 104 valence electrons. The van der Waals surface area contributed by atoms with Crippen LogP contribution in [0.4, 0.5) is 0 Å². The molecule has 0 bridgehead atoms. The Morgan fingerprint density at radius 1 is 1.39 bits per heavy atom. The van der Waals surface area contributed by atoms with E-state index in [0.717, 1.165) is 31.6 Å². The average Bonchev–Trinajstić information content (AvgIpc) is 2.91. The van der Waals surface area contributed by atoms with E-state index in [4.69, 9.17) is 14.9 Å². The Balaban J connectivity index is 2.84. The summed E-state index contributed by atoms with van der Waals surface area (Å²) >= 11 is 0. The maximum absolute atomic E-state index is 5.96. The minimum atomic E-state index is 0.212. The lowest BCUT2D eigenvalue weighted by atomic mass is 10.0. The zero-order valence-corrected chi connectivity index (χ0v) is 11.8. The Hall–Kier alpha value is -0.840. The molecule has 0 saturated carbocycles. The molecule has 0 spiro atoms. The fourth-order valence-electron chi connectivity index (χ4n) is 2.47. The minimum absolute atomic E-state index is 0.212. The summed E-state index contributed by atoms with van der Waals surface area (Å²) in [6.45, 7) is 6.66. The highest BCUT2D eigenvalue weighted by Crippen LogP contribution is 2.24. The van der Waals surface area contributed by atoms with Crippen molar-refractivity contribution in [2.45, 2.75) is 38.8 Å². The monoisotopic (exact) mass is 254 g/mol. The van der Waals surface area contributed by atoms with Crippen LogP contribution in [0.5, 0.6) is 0 Å². The molecule has 1 atom stereocenters. The quantitative estimate of drug-likeness (QED) is 0.735. The van der Waals surface area contributed by atoms with Gasteiger partial charge in [0.05, 0.1) is 25.2 Å². The normalized spacial score (nSPS) is 13.4. The minimum Gasteiger partial charge on any atom is -0.472 e. The number of hydrogen-bond acceptors (Lipinski definition) is 4. The summed E-state index contributed by atoms with van der Waals surface area (Å²) in [5.41, 5.74) is 7.11. The van der Waals surface area contributed by atoms with Crippen LogP contribution in [-0.2, 0) is 4.74 Å². The molecule has 0 amide bonds. The van der Waals surface area contributed by atoms with Gasteiger partial charge in [-0.15, -0.1) is 0 Å². The topological polar surface area (TPSA) is 51.6 Å². The Morgan fingerprint density at radius 2 is 2.11 bits per heavy atom. The van der Waals surface area contributed by atoms with Gasteiger partial charge in [0, 0.05) is 31.8 Å². The maximum Gasteiger partial charge on any atom is 0.0950 e. The van der Waals surface area contributed by atoms with E-state index in [1.165, 1.54) is 0 Å². The number of furan rings is 1. The predicted molar refractivity (Wildman–Crippen MR) is 73.5 cm³/mol. The van der Waals surface area contributed by atoms with Crippen LogP contribution < -0.4 is 5.73 Å². The molecule has 0 radical (unpaired) electrons. The summed E-state index contributed by atoms with van der Waals surface area (Å²) < 4.78 is 10.4. The first-order valence-corrected chi connectivity index (χ1v) is 6.75. The first-order chi connectivity index (χ1) is 8.78. The molecule has 0 aromatic carbocycles. The molecule has 18 heavy (non-hydrogen) atoms. The summed E-state index contributed by atoms with van der Waals surface area (Å²) in [5, 5.41) is 0. The van der Waals surface area contributed by atoms with Crippen LogP contribution in [0, 0.1) is 0 Å². The van der Waals surface area contributed by atoms with Gasteiger partial charge in [0.1, 0.15) is 0 Å². The van der Waals surface area contributed by atoms with Crippen molar-refractivity contribution in [2.75, 3.05) is 26.8 Å². The first-order valence-electron chi connectivity index (χ1n) is 6.75. The lowest BCUT2D eigenvalue weighted by molar-refractivity contribution is 0.0815. The van der Waals surface area contributed by atoms with E-state index >= 15 is 0 Å². The zero-order valence-electron chi connectivity index (χ0n) is 11.8. The lowest BCUT2D eigenvalue weighted by Gasteiger charge is -2.36. The van der Waals surface area contributed by atoms with Gasteiger partial charge in [-0.2, -0.15) is 0 Å². The van der Waals surface area contributed by atoms with Crippen LogP contribution in [0.3, 0.4) is 0 Å². The summed E-state index contributed by atoms with van der Waals surface area (Å²) in [4.78, 5) is 2.44. The second kappa shape index (κ2) is 8.29. The van der Waals surface area contributed by atoms with Crippen LogP contribution >= 0.6 is 0 Å². The first kappa shape index (κ1) is 15.2. The molecule has 1 aromatic heterocycles. The SMILES string of the molecule is CCC(CC)N(CCOC)C(CN)c1ccoc1. The molecule has 0 aliphatic carbocycles. The molecule has 1 rings (SSSR count). The van der Waals surface area contributed by atoms with Crippen molar-refractivity contribution in [3.8, 4) is 0 Å². The second-order valence-corrected chi connectivity index (χ2v) is 4.51. The third-order valence-corrected chi connectivity index (χ3v) is 3.52. The van der Waals surface area contributed by atoms with Crippen LogP contribution in [0.25, 0.3) is 0 Å². The van der Waals surface area contributed by atoms with E-state index in [1.807, 2.05) is 6.07 Å². The Bertz CT molecular complexity index is 297. The molecule has 0 fully saturated rings. The Labute approximate surface area is 110 Å². The third kappa shape index (κ3) is 3.83. The van der Waals surface area contributed by atoms with E-state index in [-0.39, 0.29) is 6.04 Å². The molecular weight excluding hydrogens is 228 g/mol. The fourth-order valence-corrected chi connectivity index (χ4v) is 2.47. The number of nitrogens with zero attached hydrogens (tertiary/aromatic N) is 1. The summed E-state index contributed by atoms with van der Waals surface area (Å²) in [6.07, 6.45) is 5.74. The smallest absolute Gasteiger partial charge is 0.0950 e. The number of hydrogen-bond donors (Lipinski definition) is 1. The van der Waals surface area contributed by atoms with Gasteiger partial charge in [0.15, 0.2) is 0 Å². The van der Waals surface area contributed by atoms with Crippen molar-refractivity contribution in [2.24, 2.45) is 5.73 Å². The van der Waals surface area contributed by atoms with Gasteiger partial charge in [-0.05, 0) is 18.9 Å². The van der Waals surface area contributed by atoms with E-state index in [2.05, 4.69) is 18.7 Å². The predicted octanol–water partition coefficient (Wildman–Crippen LogP) is 2.42. The van der Waals surface area contributed by atoms with Crippen LogP contribution in [0.1, 0.15) is 38.3 Å². The Kier molecular flexibility index (Phi) is 7.01. The molecule has 0 aliphatic heterocycles. The highest BCUT2D eigenvalue weighted by atomic mass is 16.5. The number of nitrogens with two attached hydrogens (primary N) is 1. The number of methoxy groups -OCH3 is 1. The summed E-state index contributed by atoms with van der Waals surface area (Å²) in [7, 11) is 1.74. The van der Waals surface area contributed by atoms with Crippen molar-refractivity contribution in [3.05, 3.63) is 24.2 Å². The van der Waals surface area contributed by atoms with Crippen molar-refractivity contribution < 1.29 is 9.15 Å². The van der Waals surface area contributed by atoms with E-state index < -0.39 is 0 Å². The zero-order chi connectivity index (χ0) is 13.4. The molecule has 2 N–H and O–H groups in total. The molecular formula is C14H26N2O2. The van der Waals surface area contributed by atoms with Gasteiger partial charge >= 0.3 is 0 Å². The molecule has 0 saturated heterocycles. The van der Waals surface area contributed by atoms with Crippen molar-refractivity contribution in [3.63, 3.8) is 0 Å².